The minimum absolute atomic E-state index is 0.0873. The molecule has 1 aliphatic carbocycles. The monoisotopic (exact) mass is 213 g/mol. The zero-order valence-corrected chi connectivity index (χ0v) is 8.68. The molecule has 1 N–H and O–H groups in total. The molecule has 1 aliphatic rings. The molecule has 1 saturated carbocycles. The van der Waals surface area contributed by atoms with Crippen molar-refractivity contribution >= 4 is 0 Å². The van der Waals surface area contributed by atoms with Gasteiger partial charge in [-0.3, -0.25) is 9.78 Å². The molecule has 4 nitrogen and oxygen atoms in total. The molecule has 0 spiro atoms. The van der Waals surface area contributed by atoms with E-state index < -0.39 is 0 Å². The average molecular weight is 213 g/mol. The van der Waals surface area contributed by atoms with Gasteiger partial charge >= 0.3 is 0 Å². The van der Waals surface area contributed by atoms with E-state index in [0.29, 0.717) is 11.7 Å². The number of nitrogens with one attached hydrogen (secondary N) is 1. The molecule has 1 fully saturated rings. The lowest BCUT2D eigenvalue weighted by Crippen LogP contribution is -2.09. The van der Waals surface area contributed by atoms with Gasteiger partial charge in [0, 0.05) is 29.9 Å². The van der Waals surface area contributed by atoms with Gasteiger partial charge in [0.15, 0.2) is 0 Å². The summed E-state index contributed by atoms with van der Waals surface area (Å²) >= 11 is 0. The van der Waals surface area contributed by atoms with Gasteiger partial charge in [-0.2, -0.15) is 0 Å². The van der Waals surface area contributed by atoms with Gasteiger partial charge in [0.05, 0.1) is 5.69 Å². The molecule has 80 valence electrons. The highest BCUT2D eigenvalue weighted by atomic mass is 16.1. The molecule has 2 aromatic heterocycles. The summed E-state index contributed by atoms with van der Waals surface area (Å²) in [7, 11) is 0. The molecule has 0 aromatic carbocycles. The number of pyridine rings is 1. The van der Waals surface area contributed by atoms with E-state index in [-0.39, 0.29) is 5.56 Å². The van der Waals surface area contributed by atoms with E-state index in [1.54, 1.807) is 18.5 Å². The van der Waals surface area contributed by atoms with Crippen molar-refractivity contribution in [2.75, 3.05) is 0 Å². The van der Waals surface area contributed by atoms with Crippen LogP contribution >= 0.6 is 0 Å². The van der Waals surface area contributed by atoms with Crippen molar-refractivity contribution in [3.63, 3.8) is 0 Å². The van der Waals surface area contributed by atoms with E-state index >= 15 is 0 Å². The van der Waals surface area contributed by atoms with Gasteiger partial charge in [0.2, 0.25) is 0 Å². The maximum Gasteiger partial charge on any atom is 0.251 e. The van der Waals surface area contributed by atoms with Crippen LogP contribution in [0.4, 0.5) is 0 Å². The van der Waals surface area contributed by atoms with Crippen molar-refractivity contribution in [1.29, 1.82) is 0 Å². The maximum atomic E-state index is 11.5. The summed E-state index contributed by atoms with van der Waals surface area (Å²) in [6.07, 6.45) is 5.69. The zero-order chi connectivity index (χ0) is 11.0. The molecule has 0 aliphatic heterocycles. The second-order valence-electron chi connectivity index (χ2n) is 4.03. The van der Waals surface area contributed by atoms with Crippen molar-refractivity contribution < 1.29 is 0 Å². The van der Waals surface area contributed by atoms with Gasteiger partial charge in [-0.1, -0.05) is 0 Å². The van der Waals surface area contributed by atoms with Crippen molar-refractivity contribution in [3.8, 4) is 11.4 Å². The minimum Gasteiger partial charge on any atom is -0.306 e. The first-order chi connectivity index (χ1) is 7.83. The molecule has 16 heavy (non-hydrogen) atoms. The normalized spacial score (nSPS) is 15.0. The highest BCUT2D eigenvalue weighted by Crippen LogP contribution is 2.38. The maximum absolute atomic E-state index is 11.5. The Balaban J connectivity index is 2.10. The van der Waals surface area contributed by atoms with Crippen molar-refractivity contribution in [3.05, 3.63) is 46.6 Å². The predicted molar refractivity (Wildman–Crippen MR) is 60.1 cm³/mol. The Morgan fingerprint density at radius 1 is 1.38 bits per heavy atom. The number of aromatic nitrogens is 3. The summed E-state index contributed by atoms with van der Waals surface area (Å²) in [5.74, 6) is 1.10. The van der Waals surface area contributed by atoms with Gasteiger partial charge in [0.25, 0.3) is 5.56 Å². The van der Waals surface area contributed by atoms with Crippen LogP contribution in [0, 0.1) is 0 Å². The summed E-state index contributed by atoms with van der Waals surface area (Å²) in [6, 6.07) is 5.32. The Hall–Kier alpha value is -1.97. The number of hydrogen-bond acceptors (Lipinski definition) is 3. The second-order valence-corrected chi connectivity index (χ2v) is 4.03. The van der Waals surface area contributed by atoms with Gasteiger partial charge in [0.1, 0.15) is 5.82 Å². The first kappa shape index (κ1) is 9.27. The fourth-order valence-corrected chi connectivity index (χ4v) is 1.70. The van der Waals surface area contributed by atoms with Gasteiger partial charge in [-0.05, 0) is 25.0 Å². The molecule has 0 unspecified atom stereocenters. The molecule has 3 rings (SSSR count). The van der Waals surface area contributed by atoms with E-state index in [1.165, 1.54) is 0 Å². The number of rotatable bonds is 2. The van der Waals surface area contributed by atoms with Crippen molar-refractivity contribution in [2.45, 2.75) is 18.8 Å². The first-order valence-corrected chi connectivity index (χ1v) is 5.34. The summed E-state index contributed by atoms with van der Waals surface area (Å²) in [6.45, 7) is 0. The van der Waals surface area contributed by atoms with Crippen molar-refractivity contribution in [1.82, 2.24) is 15.0 Å². The van der Waals surface area contributed by atoms with Crippen LogP contribution in [0.2, 0.25) is 0 Å². The summed E-state index contributed by atoms with van der Waals surface area (Å²) in [5.41, 5.74) is 1.67. The van der Waals surface area contributed by atoms with Crippen molar-refractivity contribution in [2.24, 2.45) is 0 Å². The summed E-state index contributed by atoms with van der Waals surface area (Å²) < 4.78 is 0. The van der Waals surface area contributed by atoms with E-state index in [4.69, 9.17) is 0 Å². The SMILES string of the molecule is O=c1cc(C2CC2)nc(-c2cccnc2)[nH]1. The molecule has 0 amide bonds. The Morgan fingerprint density at radius 2 is 2.25 bits per heavy atom. The lowest BCUT2D eigenvalue weighted by atomic mass is 10.2. The largest absolute Gasteiger partial charge is 0.306 e. The number of nitrogens with zero attached hydrogens (tertiary/aromatic N) is 2. The number of hydrogen-bond donors (Lipinski definition) is 1. The molecule has 0 atom stereocenters. The fraction of sp³-hybridized carbons (Fsp3) is 0.250. The first-order valence-electron chi connectivity index (χ1n) is 5.34. The van der Waals surface area contributed by atoms with Gasteiger partial charge in [-0.15, -0.1) is 0 Å². The third kappa shape index (κ3) is 1.74. The van der Waals surface area contributed by atoms with E-state index in [2.05, 4.69) is 15.0 Å². The Labute approximate surface area is 92.4 Å². The topological polar surface area (TPSA) is 58.6 Å². The highest BCUT2D eigenvalue weighted by molar-refractivity contribution is 5.52. The van der Waals surface area contributed by atoms with Crippen LogP contribution < -0.4 is 5.56 Å². The zero-order valence-electron chi connectivity index (χ0n) is 8.68. The Morgan fingerprint density at radius 3 is 2.94 bits per heavy atom. The number of H-pyrrole nitrogens is 1. The summed E-state index contributed by atoms with van der Waals surface area (Å²) in [5, 5.41) is 0. The molecule has 2 aromatic rings. The summed E-state index contributed by atoms with van der Waals surface area (Å²) in [4.78, 5) is 22.7. The molecular weight excluding hydrogens is 202 g/mol. The van der Waals surface area contributed by atoms with Crippen LogP contribution in [-0.2, 0) is 0 Å². The molecule has 0 bridgehead atoms. The third-order valence-electron chi connectivity index (χ3n) is 2.69. The lowest BCUT2D eigenvalue weighted by Gasteiger charge is -2.02. The molecule has 2 heterocycles. The van der Waals surface area contributed by atoms with Crippen LogP contribution in [-0.4, -0.2) is 15.0 Å². The highest BCUT2D eigenvalue weighted by Gasteiger charge is 2.25. The predicted octanol–water partition coefficient (Wildman–Crippen LogP) is 1.71. The molecule has 0 radical (unpaired) electrons. The van der Waals surface area contributed by atoms with Crippen LogP contribution in [0.5, 0.6) is 0 Å². The van der Waals surface area contributed by atoms with Gasteiger partial charge < -0.3 is 4.98 Å². The lowest BCUT2D eigenvalue weighted by molar-refractivity contribution is 0.975. The standard InChI is InChI=1S/C12H11N3O/c16-11-6-10(8-3-4-8)14-12(15-11)9-2-1-5-13-7-9/h1-2,5-8H,3-4H2,(H,14,15,16). The fourth-order valence-electron chi connectivity index (χ4n) is 1.70. The van der Waals surface area contributed by atoms with Crippen LogP contribution in [0.15, 0.2) is 35.4 Å². The third-order valence-corrected chi connectivity index (χ3v) is 2.69. The molecular formula is C12H11N3O. The van der Waals surface area contributed by atoms with E-state index in [9.17, 15) is 4.79 Å². The quantitative estimate of drug-likeness (QED) is 0.826. The van der Waals surface area contributed by atoms with Crippen LogP contribution in [0.25, 0.3) is 11.4 Å². The minimum atomic E-state index is -0.0873. The van der Waals surface area contributed by atoms with E-state index in [0.717, 1.165) is 24.1 Å². The number of aromatic amines is 1. The smallest absolute Gasteiger partial charge is 0.251 e. The Bertz CT molecular complexity index is 558. The van der Waals surface area contributed by atoms with E-state index in [1.807, 2.05) is 12.1 Å². The van der Waals surface area contributed by atoms with Gasteiger partial charge in [-0.25, -0.2) is 4.98 Å². The molecule has 4 heteroatoms. The van der Waals surface area contributed by atoms with Crippen LogP contribution in [0.1, 0.15) is 24.5 Å². The Kier molecular flexibility index (Phi) is 2.06. The second kappa shape index (κ2) is 3.56. The van der Waals surface area contributed by atoms with Crippen LogP contribution in [0.3, 0.4) is 0 Å². The average Bonchev–Trinajstić information content (AvgIpc) is 3.13. The molecule has 0 saturated heterocycles.